The van der Waals surface area contributed by atoms with Gasteiger partial charge in [-0.1, -0.05) is 46.5 Å². The molecule has 1 aliphatic heterocycles. The molecular formula is C16H31NS2. The molecular weight excluding hydrogens is 270 g/mol. The Morgan fingerprint density at radius 2 is 1.89 bits per heavy atom. The highest BCUT2D eigenvalue weighted by Gasteiger charge is 2.32. The smallest absolute Gasteiger partial charge is 0.0294 e. The quantitative estimate of drug-likeness (QED) is 0.772. The second kappa shape index (κ2) is 8.19. The predicted molar refractivity (Wildman–Crippen MR) is 91.4 cm³/mol. The lowest BCUT2D eigenvalue weighted by atomic mass is 9.96. The van der Waals surface area contributed by atoms with E-state index >= 15 is 0 Å². The van der Waals surface area contributed by atoms with Gasteiger partial charge in [0, 0.05) is 27.5 Å². The first kappa shape index (κ1) is 16.0. The summed E-state index contributed by atoms with van der Waals surface area (Å²) in [6.45, 7) is 8.29. The number of rotatable bonds is 6. The largest absolute Gasteiger partial charge is 0.313 e. The zero-order valence-electron chi connectivity index (χ0n) is 12.9. The summed E-state index contributed by atoms with van der Waals surface area (Å²) in [6, 6.07) is 0.760. The van der Waals surface area contributed by atoms with Crippen LogP contribution in [0.2, 0.25) is 0 Å². The third-order valence-corrected chi connectivity index (χ3v) is 8.29. The summed E-state index contributed by atoms with van der Waals surface area (Å²) >= 11 is 4.45. The van der Waals surface area contributed by atoms with E-state index in [1.807, 2.05) is 0 Å². The van der Waals surface area contributed by atoms with Gasteiger partial charge in [0.15, 0.2) is 0 Å². The summed E-state index contributed by atoms with van der Waals surface area (Å²) in [7, 11) is 0. The number of hydrogen-bond donors (Lipinski definition) is 1. The Kier molecular flexibility index (Phi) is 6.91. The van der Waals surface area contributed by atoms with Crippen LogP contribution >= 0.6 is 23.5 Å². The average Bonchev–Trinajstić information content (AvgIpc) is 2.91. The molecule has 2 fully saturated rings. The predicted octanol–water partition coefficient (Wildman–Crippen LogP) is 4.56. The van der Waals surface area contributed by atoms with E-state index in [9.17, 15) is 0 Å². The molecule has 0 aromatic heterocycles. The van der Waals surface area contributed by atoms with Crippen molar-refractivity contribution in [1.29, 1.82) is 0 Å². The molecule has 1 aliphatic carbocycles. The Morgan fingerprint density at radius 3 is 2.53 bits per heavy atom. The highest BCUT2D eigenvalue weighted by atomic mass is 32.2. The van der Waals surface area contributed by atoms with Crippen LogP contribution in [0.25, 0.3) is 0 Å². The van der Waals surface area contributed by atoms with Crippen molar-refractivity contribution in [3.8, 4) is 0 Å². The summed E-state index contributed by atoms with van der Waals surface area (Å²) in [5, 5.41) is 6.35. The lowest BCUT2D eigenvalue weighted by Crippen LogP contribution is -2.44. The summed E-state index contributed by atoms with van der Waals surface area (Å²) < 4.78 is 0. The van der Waals surface area contributed by atoms with Gasteiger partial charge in [-0.2, -0.15) is 23.5 Å². The standard InChI is InChI=1S/C16H31NS2/c1-4-9-17-15(10-14-7-5-6-8-14)16-11-18-12(2)13(3)19-16/h12-17H,4-11H2,1-3H3. The molecule has 0 spiro atoms. The SMILES string of the molecule is CCCNC(CC1CCCC1)C1CSC(C)C(C)S1. The molecule has 19 heavy (non-hydrogen) atoms. The van der Waals surface area contributed by atoms with E-state index in [1.165, 1.54) is 50.8 Å². The van der Waals surface area contributed by atoms with E-state index < -0.39 is 0 Å². The Morgan fingerprint density at radius 1 is 1.16 bits per heavy atom. The first-order valence-electron chi connectivity index (χ1n) is 8.21. The highest BCUT2D eigenvalue weighted by Crippen LogP contribution is 2.39. The van der Waals surface area contributed by atoms with Gasteiger partial charge >= 0.3 is 0 Å². The maximum Gasteiger partial charge on any atom is 0.0294 e. The van der Waals surface area contributed by atoms with Crippen LogP contribution in [0.3, 0.4) is 0 Å². The third-order valence-electron chi connectivity index (χ3n) is 4.74. The molecule has 0 bridgehead atoms. The van der Waals surface area contributed by atoms with Crippen LogP contribution in [0.1, 0.15) is 59.3 Å². The van der Waals surface area contributed by atoms with Gasteiger partial charge in [-0.25, -0.2) is 0 Å². The van der Waals surface area contributed by atoms with Gasteiger partial charge in [-0.15, -0.1) is 0 Å². The molecule has 1 N–H and O–H groups in total. The first-order valence-corrected chi connectivity index (χ1v) is 10.2. The molecule has 3 heteroatoms. The van der Waals surface area contributed by atoms with Crippen LogP contribution < -0.4 is 5.32 Å². The van der Waals surface area contributed by atoms with E-state index in [0.717, 1.165) is 27.7 Å². The minimum Gasteiger partial charge on any atom is -0.313 e. The van der Waals surface area contributed by atoms with E-state index in [4.69, 9.17) is 0 Å². The van der Waals surface area contributed by atoms with Crippen molar-refractivity contribution in [2.75, 3.05) is 12.3 Å². The molecule has 4 atom stereocenters. The van der Waals surface area contributed by atoms with Gasteiger partial charge in [0.2, 0.25) is 0 Å². The lowest BCUT2D eigenvalue weighted by Gasteiger charge is -2.37. The van der Waals surface area contributed by atoms with Gasteiger partial charge in [0.05, 0.1) is 0 Å². The fourth-order valence-corrected chi connectivity index (χ4v) is 6.46. The molecule has 0 radical (unpaired) electrons. The second-order valence-electron chi connectivity index (χ2n) is 6.36. The van der Waals surface area contributed by atoms with Gasteiger partial charge in [-0.05, 0) is 25.3 Å². The molecule has 0 aromatic carbocycles. The van der Waals surface area contributed by atoms with Crippen molar-refractivity contribution in [2.45, 2.75) is 81.1 Å². The maximum atomic E-state index is 3.87. The molecule has 2 rings (SSSR count). The van der Waals surface area contributed by atoms with Gasteiger partial charge in [-0.3, -0.25) is 0 Å². The fraction of sp³-hybridized carbons (Fsp3) is 1.00. The number of nitrogens with one attached hydrogen (secondary N) is 1. The summed E-state index contributed by atoms with van der Waals surface area (Å²) in [5.41, 5.74) is 0. The molecule has 0 amide bonds. The first-order chi connectivity index (χ1) is 9.20. The maximum absolute atomic E-state index is 3.87. The van der Waals surface area contributed by atoms with Crippen LogP contribution in [0.5, 0.6) is 0 Å². The van der Waals surface area contributed by atoms with Gasteiger partial charge < -0.3 is 5.32 Å². The lowest BCUT2D eigenvalue weighted by molar-refractivity contribution is 0.385. The Balaban J connectivity index is 1.87. The van der Waals surface area contributed by atoms with Gasteiger partial charge in [0.25, 0.3) is 0 Å². The van der Waals surface area contributed by atoms with Crippen molar-refractivity contribution in [1.82, 2.24) is 5.32 Å². The minimum atomic E-state index is 0.760. The molecule has 4 unspecified atom stereocenters. The van der Waals surface area contributed by atoms with Crippen molar-refractivity contribution in [3.05, 3.63) is 0 Å². The molecule has 1 saturated carbocycles. The van der Waals surface area contributed by atoms with Crippen molar-refractivity contribution in [3.63, 3.8) is 0 Å². The summed E-state index contributed by atoms with van der Waals surface area (Å²) in [4.78, 5) is 0. The minimum absolute atomic E-state index is 0.760. The summed E-state index contributed by atoms with van der Waals surface area (Å²) in [6.07, 6.45) is 8.62. The normalized spacial score (nSPS) is 34.6. The van der Waals surface area contributed by atoms with Crippen molar-refractivity contribution >= 4 is 23.5 Å². The molecule has 112 valence electrons. The second-order valence-corrected chi connectivity index (χ2v) is 9.40. The molecule has 2 aliphatic rings. The molecule has 0 aromatic rings. The van der Waals surface area contributed by atoms with Crippen LogP contribution in [-0.4, -0.2) is 34.1 Å². The van der Waals surface area contributed by atoms with E-state index in [2.05, 4.69) is 49.6 Å². The fourth-order valence-electron chi connectivity index (χ4n) is 3.32. The molecule has 1 heterocycles. The van der Waals surface area contributed by atoms with Crippen LogP contribution in [-0.2, 0) is 0 Å². The van der Waals surface area contributed by atoms with Crippen LogP contribution in [0.4, 0.5) is 0 Å². The molecule has 1 nitrogen and oxygen atoms in total. The number of hydrogen-bond acceptors (Lipinski definition) is 3. The van der Waals surface area contributed by atoms with Crippen molar-refractivity contribution < 1.29 is 0 Å². The topological polar surface area (TPSA) is 12.0 Å². The zero-order valence-corrected chi connectivity index (χ0v) is 14.5. The van der Waals surface area contributed by atoms with E-state index in [1.54, 1.807) is 0 Å². The average molecular weight is 302 g/mol. The van der Waals surface area contributed by atoms with Gasteiger partial charge in [0.1, 0.15) is 0 Å². The Bertz CT molecular complexity index is 253. The van der Waals surface area contributed by atoms with Crippen LogP contribution in [0, 0.1) is 5.92 Å². The van der Waals surface area contributed by atoms with E-state index in [-0.39, 0.29) is 0 Å². The summed E-state index contributed by atoms with van der Waals surface area (Å²) in [5.74, 6) is 2.36. The third kappa shape index (κ3) is 4.86. The monoisotopic (exact) mass is 301 g/mol. The Hall–Kier alpha value is 0.660. The zero-order chi connectivity index (χ0) is 13.7. The van der Waals surface area contributed by atoms with E-state index in [0.29, 0.717) is 0 Å². The molecule has 1 saturated heterocycles. The van der Waals surface area contributed by atoms with Crippen LogP contribution in [0.15, 0.2) is 0 Å². The number of thioether (sulfide) groups is 2. The Labute approximate surface area is 128 Å². The van der Waals surface area contributed by atoms with Crippen molar-refractivity contribution in [2.24, 2.45) is 5.92 Å². The highest BCUT2D eigenvalue weighted by molar-refractivity contribution is 8.07.